The highest BCUT2D eigenvalue weighted by atomic mass is 32.2. The molecule has 0 aliphatic rings. The van der Waals surface area contributed by atoms with E-state index in [1.165, 1.54) is 19.3 Å². The summed E-state index contributed by atoms with van der Waals surface area (Å²) in [7, 11) is 0. The largest absolute Gasteiger partial charge is 0.315 e. The molecule has 0 bridgehead atoms. The van der Waals surface area contributed by atoms with E-state index < -0.39 is 0 Å². The summed E-state index contributed by atoms with van der Waals surface area (Å²) in [5.74, 6) is 0. The number of thioether (sulfide) groups is 1. The molecule has 0 saturated carbocycles. The zero-order valence-electron chi connectivity index (χ0n) is 11.4. The Hall–Kier alpha value is 0.310. The van der Waals surface area contributed by atoms with Crippen LogP contribution < -0.4 is 5.32 Å². The third-order valence-corrected chi connectivity index (χ3v) is 4.81. The molecule has 15 heavy (non-hydrogen) atoms. The zero-order valence-corrected chi connectivity index (χ0v) is 12.3. The number of hydrogen-bond donors (Lipinski definition) is 1. The van der Waals surface area contributed by atoms with Gasteiger partial charge in [-0.05, 0) is 37.5 Å². The molecule has 92 valence electrons. The summed E-state index contributed by atoms with van der Waals surface area (Å²) >= 11 is 2.01. The van der Waals surface area contributed by atoms with E-state index >= 15 is 0 Å². The Morgan fingerprint density at radius 1 is 1.07 bits per heavy atom. The van der Waals surface area contributed by atoms with Gasteiger partial charge in [0.1, 0.15) is 0 Å². The van der Waals surface area contributed by atoms with Crippen molar-refractivity contribution in [2.75, 3.05) is 19.3 Å². The minimum absolute atomic E-state index is 0.452. The molecule has 1 nitrogen and oxygen atoms in total. The topological polar surface area (TPSA) is 12.0 Å². The summed E-state index contributed by atoms with van der Waals surface area (Å²) in [5, 5.41) is 3.61. The maximum atomic E-state index is 3.61. The van der Waals surface area contributed by atoms with Gasteiger partial charge in [0.05, 0.1) is 0 Å². The van der Waals surface area contributed by atoms with Gasteiger partial charge in [-0.25, -0.2) is 0 Å². The van der Waals surface area contributed by atoms with Crippen molar-refractivity contribution in [3.8, 4) is 0 Å². The minimum Gasteiger partial charge on any atom is -0.315 e. The van der Waals surface area contributed by atoms with E-state index in [0.717, 1.165) is 13.1 Å². The molecule has 0 unspecified atom stereocenters. The Morgan fingerprint density at radius 3 is 1.93 bits per heavy atom. The summed E-state index contributed by atoms with van der Waals surface area (Å²) in [6.07, 6.45) is 6.00. The second-order valence-corrected chi connectivity index (χ2v) is 6.86. The normalized spacial score (nSPS) is 13.2. The highest BCUT2D eigenvalue weighted by Gasteiger charge is 2.24. The molecule has 0 aromatic carbocycles. The van der Waals surface area contributed by atoms with Crippen LogP contribution >= 0.6 is 11.8 Å². The van der Waals surface area contributed by atoms with Gasteiger partial charge in [-0.15, -0.1) is 0 Å². The van der Waals surface area contributed by atoms with Crippen molar-refractivity contribution in [1.82, 2.24) is 5.32 Å². The minimum atomic E-state index is 0.452. The van der Waals surface area contributed by atoms with Gasteiger partial charge < -0.3 is 5.32 Å². The third-order valence-electron chi connectivity index (χ3n) is 3.22. The van der Waals surface area contributed by atoms with Crippen molar-refractivity contribution in [2.45, 2.75) is 58.6 Å². The third kappa shape index (κ3) is 6.47. The standard InChI is InChI=1S/C13H29NS/c1-7-13(8-2,15-6)11-14-10-9-12(3,4)5/h14H,7-11H2,1-6H3. The van der Waals surface area contributed by atoms with Gasteiger partial charge in [-0.2, -0.15) is 11.8 Å². The maximum absolute atomic E-state index is 3.61. The molecule has 0 aromatic rings. The summed E-state index contributed by atoms with van der Waals surface area (Å²) in [6, 6.07) is 0. The first kappa shape index (κ1) is 15.3. The summed E-state index contributed by atoms with van der Waals surface area (Å²) < 4.78 is 0.456. The van der Waals surface area contributed by atoms with E-state index in [-0.39, 0.29) is 0 Å². The van der Waals surface area contributed by atoms with Crippen molar-refractivity contribution in [1.29, 1.82) is 0 Å². The van der Waals surface area contributed by atoms with Crippen molar-refractivity contribution in [3.05, 3.63) is 0 Å². The molecule has 1 N–H and O–H groups in total. The highest BCUT2D eigenvalue weighted by Crippen LogP contribution is 2.29. The summed E-state index contributed by atoms with van der Waals surface area (Å²) in [5.41, 5.74) is 0.452. The second-order valence-electron chi connectivity index (χ2n) is 5.58. The average molecular weight is 231 g/mol. The van der Waals surface area contributed by atoms with Crippen LogP contribution in [0.5, 0.6) is 0 Å². The first-order valence-electron chi connectivity index (χ1n) is 6.15. The molecule has 0 fully saturated rings. The first-order chi connectivity index (χ1) is 6.89. The molecule has 0 aliphatic heterocycles. The Kier molecular flexibility index (Phi) is 6.94. The van der Waals surface area contributed by atoms with Crippen LogP contribution in [0.25, 0.3) is 0 Å². The maximum Gasteiger partial charge on any atom is 0.0276 e. The van der Waals surface area contributed by atoms with Crippen molar-refractivity contribution in [3.63, 3.8) is 0 Å². The van der Waals surface area contributed by atoms with Gasteiger partial charge in [-0.3, -0.25) is 0 Å². The van der Waals surface area contributed by atoms with Crippen LogP contribution in [0, 0.1) is 5.41 Å². The van der Waals surface area contributed by atoms with Crippen LogP contribution in [0.3, 0.4) is 0 Å². The van der Waals surface area contributed by atoms with Crippen LogP contribution in [0.4, 0.5) is 0 Å². The lowest BCUT2D eigenvalue weighted by Crippen LogP contribution is -2.37. The Morgan fingerprint density at radius 2 is 1.60 bits per heavy atom. The van der Waals surface area contributed by atoms with Gasteiger partial charge in [0.2, 0.25) is 0 Å². The van der Waals surface area contributed by atoms with E-state index in [9.17, 15) is 0 Å². The molecular weight excluding hydrogens is 202 g/mol. The SMILES string of the molecule is CCC(CC)(CNCCC(C)(C)C)SC. The fraction of sp³-hybridized carbons (Fsp3) is 1.00. The van der Waals surface area contributed by atoms with Crippen molar-refractivity contribution in [2.24, 2.45) is 5.41 Å². The fourth-order valence-corrected chi connectivity index (χ4v) is 2.46. The van der Waals surface area contributed by atoms with Gasteiger partial charge in [-0.1, -0.05) is 34.6 Å². The molecule has 0 aliphatic carbocycles. The number of hydrogen-bond acceptors (Lipinski definition) is 2. The van der Waals surface area contributed by atoms with Gasteiger partial charge in [0, 0.05) is 11.3 Å². The molecular formula is C13H29NS. The molecule has 0 amide bonds. The van der Waals surface area contributed by atoms with Crippen LogP contribution in [-0.4, -0.2) is 24.1 Å². The van der Waals surface area contributed by atoms with Crippen LogP contribution in [0.2, 0.25) is 0 Å². The molecule has 0 aromatic heterocycles. The zero-order chi connectivity index (χ0) is 11.9. The molecule has 0 heterocycles. The lowest BCUT2D eigenvalue weighted by Gasteiger charge is -2.30. The van der Waals surface area contributed by atoms with Gasteiger partial charge >= 0.3 is 0 Å². The summed E-state index contributed by atoms with van der Waals surface area (Å²) in [6.45, 7) is 13.8. The molecule has 0 radical (unpaired) electrons. The fourth-order valence-electron chi connectivity index (χ4n) is 1.64. The van der Waals surface area contributed by atoms with Gasteiger partial charge in [0.15, 0.2) is 0 Å². The first-order valence-corrected chi connectivity index (χ1v) is 7.37. The Balaban J connectivity index is 3.82. The summed E-state index contributed by atoms with van der Waals surface area (Å²) in [4.78, 5) is 0. The van der Waals surface area contributed by atoms with Crippen LogP contribution in [0.15, 0.2) is 0 Å². The van der Waals surface area contributed by atoms with Crippen LogP contribution in [0.1, 0.15) is 53.9 Å². The van der Waals surface area contributed by atoms with E-state index in [1.54, 1.807) is 0 Å². The average Bonchev–Trinajstić information content (AvgIpc) is 2.18. The van der Waals surface area contributed by atoms with Crippen molar-refractivity contribution >= 4 is 11.8 Å². The van der Waals surface area contributed by atoms with E-state index in [4.69, 9.17) is 0 Å². The molecule has 0 saturated heterocycles. The molecule has 2 heteroatoms. The quantitative estimate of drug-likeness (QED) is 0.666. The predicted octanol–water partition coefficient (Wildman–Crippen LogP) is 3.93. The van der Waals surface area contributed by atoms with E-state index in [0.29, 0.717) is 10.2 Å². The Labute approximate surface area is 101 Å². The van der Waals surface area contributed by atoms with Crippen molar-refractivity contribution < 1.29 is 0 Å². The monoisotopic (exact) mass is 231 g/mol. The lowest BCUT2D eigenvalue weighted by molar-refractivity contribution is 0.359. The number of rotatable bonds is 7. The molecule has 0 atom stereocenters. The molecule has 0 rings (SSSR count). The van der Waals surface area contributed by atoms with E-state index in [1.807, 2.05) is 11.8 Å². The number of nitrogens with one attached hydrogen (secondary N) is 1. The van der Waals surface area contributed by atoms with Crippen LogP contribution in [-0.2, 0) is 0 Å². The lowest BCUT2D eigenvalue weighted by atomic mass is 9.92. The second kappa shape index (κ2) is 6.80. The van der Waals surface area contributed by atoms with Gasteiger partial charge in [0.25, 0.3) is 0 Å². The highest BCUT2D eigenvalue weighted by molar-refractivity contribution is 8.00. The Bertz CT molecular complexity index is 148. The molecule has 0 spiro atoms. The smallest absolute Gasteiger partial charge is 0.0276 e. The predicted molar refractivity (Wildman–Crippen MR) is 73.8 cm³/mol. The van der Waals surface area contributed by atoms with E-state index in [2.05, 4.69) is 46.2 Å².